The number of anilines is 1. The SMILES string of the molecule is O=C(COc1ccccc1Cl)Nc1cccc(-c2ccc3nnc(-c4cccs4)n3n2)c1. The number of benzene rings is 2. The fraction of sp³-hybridized carbons (Fsp3) is 0.0435. The molecule has 32 heavy (non-hydrogen) atoms. The second kappa shape index (κ2) is 8.78. The van der Waals surface area contributed by atoms with Crippen LogP contribution in [0.25, 0.3) is 27.6 Å². The Morgan fingerprint density at radius 1 is 1.03 bits per heavy atom. The maximum atomic E-state index is 12.3. The minimum Gasteiger partial charge on any atom is -0.482 e. The second-order valence-corrected chi connectivity index (χ2v) is 8.19. The van der Waals surface area contributed by atoms with Crippen LogP contribution in [0.5, 0.6) is 5.75 Å². The molecule has 0 spiro atoms. The monoisotopic (exact) mass is 461 g/mol. The molecule has 0 bridgehead atoms. The van der Waals surface area contributed by atoms with Gasteiger partial charge in [0, 0.05) is 11.3 Å². The van der Waals surface area contributed by atoms with Gasteiger partial charge < -0.3 is 10.1 Å². The van der Waals surface area contributed by atoms with Crippen LogP contribution in [0.2, 0.25) is 5.02 Å². The van der Waals surface area contributed by atoms with Crippen molar-refractivity contribution in [1.82, 2.24) is 19.8 Å². The van der Waals surface area contributed by atoms with Crippen LogP contribution >= 0.6 is 22.9 Å². The minimum absolute atomic E-state index is 0.150. The van der Waals surface area contributed by atoms with Gasteiger partial charge in [-0.25, -0.2) is 0 Å². The van der Waals surface area contributed by atoms with E-state index in [4.69, 9.17) is 21.4 Å². The molecule has 3 heterocycles. The lowest BCUT2D eigenvalue weighted by Gasteiger charge is -2.10. The van der Waals surface area contributed by atoms with E-state index in [1.54, 1.807) is 40.1 Å². The average Bonchev–Trinajstić information content (AvgIpc) is 3.48. The summed E-state index contributed by atoms with van der Waals surface area (Å²) in [7, 11) is 0. The predicted octanol–water partition coefficient (Wildman–Crippen LogP) is 5.19. The number of nitrogens with zero attached hydrogens (tertiary/aromatic N) is 4. The first-order valence-corrected chi connectivity index (χ1v) is 11.0. The fourth-order valence-corrected chi connectivity index (χ4v) is 4.04. The van der Waals surface area contributed by atoms with Crippen molar-refractivity contribution in [3.05, 3.63) is 83.2 Å². The van der Waals surface area contributed by atoms with Crippen molar-refractivity contribution in [2.75, 3.05) is 11.9 Å². The highest BCUT2D eigenvalue weighted by atomic mass is 35.5. The first-order valence-electron chi connectivity index (χ1n) is 9.71. The summed E-state index contributed by atoms with van der Waals surface area (Å²) in [5.74, 6) is 0.869. The van der Waals surface area contributed by atoms with E-state index in [-0.39, 0.29) is 12.5 Å². The summed E-state index contributed by atoms with van der Waals surface area (Å²) in [6.07, 6.45) is 0. The van der Waals surface area contributed by atoms with Gasteiger partial charge in [0.15, 0.2) is 18.1 Å². The van der Waals surface area contributed by atoms with Crippen LogP contribution in [-0.4, -0.2) is 32.3 Å². The molecule has 9 heteroatoms. The van der Waals surface area contributed by atoms with Gasteiger partial charge in [0.25, 0.3) is 5.91 Å². The normalized spacial score (nSPS) is 10.9. The summed E-state index contributed by atoms with van der Waals surface area (Å²) in [6, 6.07) is 22.2. The zero-order chi connectivity index (χ0) is 21.9. The number of aromatic nitrogens is 4. The molecule has 1 amide bonds. The molecule has 0 aliphatic carbocycles. The Morgan fingerprint density at radius 2 is 1.94 bits per heavy atom. The highest BCUT2D eigenvalue weighted by molar-refractivity contribution is 7.13. The number of hydrogen-bond acceptors (Lipinski definition) is 6. The molecule has 0 unspecified atom stereocenters. The minimum atomic E-state index is -0.288. The van der Waals surface area contributed by atoms with Crippen LogP contribution in [0.3, 0.4) is 0 Å². The Kier molecular flexibility index (Phi) is 5.53. The molecule has 7 nitrogen and oxygen atoms in total. The number of thiophene rings is 1. The van der Waals surface area contributed by atoms with Crippen molar-refractivity contribution in [2.24, 2.45) is 0 Å². The number of carbonyl (C=O) groups excluding carboxylic acids is 1. The standard InChI is InChI=1S/C23H16ClN5O2S/c24-17-7-1-2-8-19(17)31-14-22(30)25-16-6-3-5-15(13-16)18-10-11-21-26-27-23(29(21)28-18)20-9-4-12-32-20/h1-13H,14H2,(H,25,30). The largest absolute Gasteiger partial charge is 0.482 e. The van der Waals surface area contributed by atoms with Crippen LogP contribution in [0.4, 0.5) is 5.69 Å². The summed E-state index contributed by atoms with van der Waals surface area (Å²) in [4.78, 5) is 13.3. The molecule has 5 rings (SSSR count). The van der Waals surface area contributed by atoms with Crippen molar-refractivity contribution in [3.63, 3.8) is 0 Å². The molecule has 0 saturated carbocycles. The maximum absolute atomic E-state index is 12.3. The number of ether oxygens (including phenoxy) is 1. The Balaban J connectivity index is 1.35. The van der Waals surface area contributed by atoms with Gasteiger partial charge in [0.05, 0.1) is 15.6 Å². The van der Waals surface area contributed by atoms with Gasteiger partial charge >= 0.3 is 0 Å². The first-order chi connectivity index (χ1) is 15.7. The highest BCUT2D eigenvalue weighted by Crippen LogP contribution is 2.26. The molecule has 0 saturated heterocycles. The van der Waals surface area contributed by atoms with Crippen LogP contribution < -0.4 is 10.1 Å². The molecule has 0 aliphatic heterocycles. The van der Waals surface area contributed by atoms with E-state index in [0.29, 0.717) is 27.9 Å². The Labute approximate surface area is 192 Å². The average molecular weight is 462 g/mol. The fourth-order valence-electron chi connectivity index (χ4n) is 3.16. The summed E-state index contributed by atoms with van der Waals surface area (Å²) in [6.45, 7) is -0.150. The van der Waals surface area contributed by atoms with Crippen molar-refractivity contribution in [1.29, 1.82) is 0 Å². The molecular formula is C23H16ClN5O2S. The van der Waals surface area contributed by atoms with E-state index in [0.717, 1.165) is 16.1 Å². The molecule has 0 fully saturated rings. The van der Waals surface area contributed by atoms with Gasteiger partial charge in [0.1, 0.15) is 5.75 Å². The number of nitrogens with one attached hydrogen (secondary N) is 1. The van der Waals surface area contributed by atoms with E-state index < -0.39 is 0 Å². The molecular weight excluding hydrogens is 446 g/mol. The zero-order valence-corrected chi connectivity index (χ0v) is 18.2. The number of para-hydroxylation sites is 1. The topological polar surface area (TPSA) is 81.4 Å². The van der Waals surface area contributed by atoms with Crippen LogP contribution in [0.15, 0.2) is 78.2 Å². The highest BCUT2D eigenvalue weighted by Gasteiger charge is 2.12. The summed E-state index contributed by atoms with van der Waals surface area (Å²) in [5.41, 5.74) is 2.89. The predicted molar refractivity (Wildman–Crippen MR) is 125 cm³/mol. The Morgan fingerprint density at radius 3 is 2.78 bits per heavy atom. The third kappa shape index (κ3) is 4.18. The number of rotatable bonds is 6. The van der Waals surface area contributed by atoms with Crippen molar-refractivity contribution >= 4 is 40.2 Å². The number of hydrogen-bond donors (Lipinski definition) is 1. The smallest absolute Gasteiger partial charge is 0.262 e. The molecule has 158 valence electrons. The summed E-state index contributed by atoms with van der Waals surface area (Å²) < 4.78 is 7.23. The summed E-state index contributed by atoms with van der Waals surface area (Å²) >= 11 is 7.64. The number of carbonyl (C=O) groups is 1. The first kappa shape index (κ1) is 20.2. The molecule has 0 aliphatic rings. The summed E-state index contributed by atoms with van der Waals surface area (Å²) in [5, 5.41) is 18.5. The van der Waals surface area contributed by atoms with Gasteiger partial charge in [-0.05, 0) is 47.8 Å². The van der Waals surface area contributed by atoms with Gasteiger partial charge in [0.2, 0.25) is 0 Å². The van der Waals surface area contributed by atoms with Crippen molar-refractivity contribution < 1.29 is 9.53 Å². The van der Waals surface area contributed by atoms with Crippen LogP contribution in [0, 0.1) is 0 Å². The van der Waals surface area contributed by atoms with E-state index in [1.165, 1.54) is 0 Å². The quantitative estimate of drug-likeness (QED) is 0.376. The van der Waals surface area contributed by atoms with Gasteiger partial charge in [-0.1, -0.05) is 41.9 Å². The Hall–Kier alpha value is -3.75. The lowest BCUT2D eigenvalue weighted by Crippen LogP contribution is -2.20. The van der Waals surface area contributed by atoms with E-state index in [2.05, 4.69) is 15.5 Å². The van der Waals surface area contributed by atoms with E-state index in [1.807, 2.05) is 53.9 Å². The number of halogens is 1. The third-order valence-corrected chi connectivity index (χ3v) is 5.82. The van der Waals surface area contributed by atoms with Crippen LogP contribution in [0.1, 0.15) is 0 Å². The van der Waals surface area contributed by atoms with E-state index >= 15 is 0 Å². The zero-order valence-electron chi connectivity index (χ0n) is 16.6. The van der Waals surface area contributed by atoms with Gasteiger partial charge in [-0.15, -0.1) is 21.5 Å². The lowest BCUT2D eigenvalue weighted by atomic mass is 10.1. The van der Waals surface area contributed by atoms with Crippen LogP contribution in [-0.2, 0) is 4.79 Å². The van der Waals surface area contributed by atoms with Crippen molar-refractivity contribution in [3.8, 4) is 27.7 Å². The van der Waals surface area contributed by atoms with Gasteiger partial charge in [-0.3, -0.25) is 4.79 Å². The molecule has 3 aromatic heterocycles. The molecule has 0 radical (unpaired) electrons. The number of fused-ring (bicyclic) bond motifs is 1. The van der Waals surface area contributed by atoms with E-state index in [9.17, 15) is 4.79 Å². The third-order valence-electron chi connectivity index (χ3n) is 4.64. The van der Waals surface area contributed by atoms with Crippen molar-refractivity contribution in [2.45, 2.75) is 0 Å². The number of amides is 1. The Bertz CT molecular complexity index is 1400. The van der Waals surface area contributed by atoms with Gasteiger partial charge in [-0.2, -0.15) is 9.61 Å². The maximum Gasteiger partial charge on any atom is 0.262 e. The second-order valence-electron chi connectivity index (χ2n) is 6.84. The molecule has 5 aromatic rings. The molecule has 2 aromatic carbocycles. The molecule has 1 N–H and O–H groups in total. The lowest BCUT2D eigenvalue weighted by molar-refractivity contribution is -0.118. The molecule has 0 atom stereocenters.